The smallest absolute Gasteiger partial charge is 0.317 e. The van der Waals surface area contributed by atoms with Crippen molar-refractivity contribution in [2.24, 2.45) is 0 Å². The maximum Gasteiger partial charge on any atom is 0.317 e. The Labute approximate surface area is 115 Å². The molecule has 1 saturated heterocycles. The average Bonchev–Trinajstić information content (AvgIpc) is 2.77. The maximum absolute atomic E-state index is 12.2. The molecule has 0 atom stereocenters. The Balaban J connectivity index is 1.95. The van der Waals surface area contributed by atoms with E-state index in [9.17, 15) is 13.8 Å². The molecule has 0 aromatic heterocycles. The molecule has 0 aromatic rings. The number of carbonyl (C=O) groups is 2. The molecule has 2 amide bonds. The first kappa shape index (κ1) is 14.3. The van der Waals surface area contributed by atoms with Crippen molar-refractivity contribution in [3.05, 3.63) is 0 Å². The van der Waals surface area contributed by atoms with Gasteiger partial charge in [0.05, 0.1) is 12.0 Å². The van der Waals surface area contributed by atoms with Crippen molar-refractivity contribution in [3.63, 3.8) is 0 Å². The Morgan fingerprint density at radius 1 is 1.21 bits per heavy atom. The van der Waals surface area contributed by atoms with Gasteiger partial charge in [0.25, 0.3) is 0 Å². The van der Waals surface area contributed by atoms with Gasteiger partial charge in [-0.1, -0.05) is 12.8 Å². The summed E-state index contributed by atoms with van der Waals surface area (Å²) in [6.45, 7) is 0.975. The van der Waals surface area contributed by atoms with Gasteiger partial charge in [0.2, 0.25) is 0 Å². The molecule has 2 aliphatic rings. The zero-order valence-electron chi connectivity index (χ0n) is 10.9. The van der Waals surface area contributed by atoms with E-state index >= 15 is 0 Å². The number of hydrogen-bond donors (Lipinski definition) is 2. The molecule has 1 aliphatic carbocycles. The minimum absolute atomic E-state index is 0.0154. The Kier molecular flexibility index (Phi) is 4.44. The lowest BCUT2D eigenvalue weighted by molar-refractivity contribution is -0.138. The van der Waals surface area contributed by atoms with E-state index < -0.39 is 22.3 Å². The van der Waals surface area contributed by atoms with E-state index in [0.717, 1.165) is 25.7 Å². The van der Waals surface area contributed by atoms with Crippen molar-refractivity contribution in [1.29, 1.82) is 0 Å². The van der Waals surface area contributed by atoms with Crippen LogP contribution in [0.5, 0.6) is 0 Å². The van der Waals surface area contributed by atoms with Crippen LogP contribution >= 0.6 is 0 Å². The van der Waals surface area contributed by atoms with Crippen LogP contribution < -0.4 is 5.32 Å². The van der Waals surface area contributed by atoms with Crippen LogP contribution in [0.4, 0.5) is 4.79 Å². The molecule has 2 fully saturated rings. The van der Waals surface area contributed by atoms with E-state index in [-0.39, 0.29) is 12.5 Å². The highest BCUT2D eigenvalue weighted by Gasteiger charge is 2.38. The molecular formula is C12H20N2O4S. The van der Waals surface area contributed by atoms with Crippen LogP contribution in [-0.4, -0.2) is 56.3 Å². The third kappa shape index (κ3) is 3.68. The van der Waals surface area contributed by atoms with Gasteiger partial charge in [0, 0.05) is 35.4 Å². The minimum atomic E-state index is -0.873. The van der Waals surface area contributed by atoms with Crippen molar-refractivity contribution in [2.75, 3.05) is 24.6 Å². The van der Waals surface area contributed by atoms with Crippen LogP contribution in [0.25, 0.3) is 0 Å². The monoisotopic (exact) mass is 288 g/mol. The summed E-state index contributed by atoms with van der Waals surface area (Å²) in [6, 6.07) is -0.208. The molecule has 6 nitrogen and oxygen atoms in total. The summed E-state index contributed by atoms with van der Waals surface area (Å²) in [7, 11) is -0.817. The minimum Gasteiger partial charge on any atom is -0.481 e. The van der Waals surface area contributed by atoms with E-state index in [1.807, 2.05) is 0 Å². The molecule has 0 radical (unpaired) electrons. The van der Waals surface area contributed by atoms with Gasteiger partial charge in [-0.05, 0) is 12.8 Å². The van der Waals surface area contributed by atoms with Crippen LogP contribution in [0.2, 0.25) is 0 Å². The third-order valence-electron chi connectivity index (χ3n) is 3.89. The van der Waals surface area contributed by atoms with Gasteiger partial charge < -0.3 is 15.3 Å². The number of carboxylic acids is 1. The Morgan fingerprint density at radius 2 is 1.79 bits per heavy atom. The van der Waals surface area contributed by atoms with Crippen molar-refractivity contribution in [1.82, 2.24) is 10.2 Å². The highest BCUT2D eigenvalue weighted by molar-refractivity contribution is 7.85. The first-order chi connectivity index (χ1) is 9.01. The molecular weight excluding hydrogens is 268 g/mol. The predicted molar refractivity (Wildman–Crippen MR) is 71.4 cm³/mol. The Bertz CT molecular complexity index is 383. The molecule has 7 heteroatoms. The van der Waals surface area contributed by atoms with Gasteiger partial charge in [-0.15, -0.1) is 0 Å². The lowest BCUT2D eigenvalue weighted by atomic mass is 9.93. The zero-order valence-corrected chi connectivity index (χ0v) is 11.7. The molecule has 0 bridgehead atoms. The summed E-state index contributed by atoms with van der Waals surface area (Å²) in [4.78, 5) is 24.8. The van der Waals surface area contributed by atoms with Gasteiger partial charge in [-0.25, -0.2) is 4.79 Å². The SMILES string of the molecule is O=C(O)CC1(NC(=O)N2CCS(=O)CC2)CCCC1. The molecule has 0 aromatic carbocycles. The molecule has 1 saturated carbocycles. The Morgan fingerprint density at radius 3 is 2.32 bits per heavy atom. The molecule has 2 rings (SSSR count). The molecule has 19 heavy (non-hydrogen) atoms. The number of carbonyl (C=O) groups excluding carboxylic acids is 1. The van der Waals surface area contributed by atoms with Crippen molar-refractivity contribution >= 4 is 22.8 Å². The summed E-state index contributed by atoms with van der Waals surface area (Å²) in [5, 5.41) is 11.9. The number of rotatable bonds is 3. The van der Waals surface area contributed by atoms with E-state index in [4.69, 9.17) is 5.11 Å². The number of hydrogen-bond acceptors (Lipinski definition) is 3. The number of carboxylic acid groups (broad SMARTS) is 1. The number of aliphatic carboxylic acids is 1. The summed E-state index contributed by atoms with van der Waals surface area (Å²) in [5.74, 6) is 0.153. The first-order valence-electron chi connectivity index (χ1n) is 6.65. The Hall–Kier alpha value is -1.11. The molecule has 1 heterocycles. The fraction of sp³-hybridized carbons (Fsp3) is 0.833. The fourth-order valence-corrected chi connectivity index (χ4v) is 3.89. The van der Waals surface area contributed by atoms with Crippen molar-refractivity contribution in [3.8, 4) is 0 Å². The maximum atomic E-state index is 12.2. The number of urea groups is 1. The second-order valence-electron chi connectivity index (χ2n) is 5.32. The van der Waals surface area contributed by atoms with Gasteiger partial charge in [0.1, 0.15) is 0 Å². The number of nitrogens with one attached hydrogen (secondary N) is 1. The molecule has 108 valence electrons. The summed E-state index contributed by atoms with van der Waals surface area (Å²) in [5.41, 5.74) is -0.584. The van der Waals surface area contributed by atoms with Crippen molar-refractivity contribution < 1.29 is 18.9 Å². The van der Waals surface area contributed by atoms with Crippen LogP contribution in [0, 0.1) is 0 Å². The van der Waals surface area contributed by atoms with E-state index in [1.54, 1.807) is 4.90 Å². The largest absolute Gasteiger partial charge is 0.481 e. The average molecular weight is 288 g/mol. The second kappa shape index (κ2) is 5.90. The highest BCUT2D eigenvalue weighted by Crippen LogP contribution is 2.32. The number of nitrogens with zero attached hydrogens (tertiary/aromatic N) is 1. The second-order valence-corrected chi connectivity index (χ2v) is 7.02. The van der Waals surface area contributed by atoms with Gasteiger partial charge >= 0.3 is 12.0 Å². The molecule has 0 spiro atoms. The fourth-order valence-electron chi connectivity index (χ4n) is 2.83. The van der Waals surface area contributed by atoms with E-state index in [2.05, 4.69) is 5.32 Å². The summed E-state index contributed by atoms with van der Waals surface area (Å²) < 4.78 is 11.3. The molecule has 0 unspecified atom stereocenters. The van der Waals surface area contributed by atoms with Crippen LogP contribution in [0.15, 0.2) is 0 Å². The quantitative estimate of drug-likeness (QED) is 0.794. The highest BCUT2D eigenvalue weighted by atomic mass is 32.2. The van der Waals surface area contributed by atoms with Crippen molar-refractivity contribution in [2.45, 2.75) is 37.6 Å². The molecule has 2 N–H and O–H groups in total. The van der Waals surface area contributed by atoms with Crippen LogP contribution in [0.1, 0.15) is 32.1 Å². The zero-order chi connectivity index (χ0) is 13.9. The topological polar surface area (TPSA) is 86.7 Å². The lowest BCUT2D eigenvalue weighted by Gasteiger charge is -2.34. The molecule has 1 aliphatic heterocycles. The van der Waals surface area contributed by atoms with Gasteiger partial charge in [0.15, 0.2) is 0 Å². The lowest BCUT2D eigenvalue weighted by Crippen LogP contribution is -2.55. The predicted octanol–water partition coefficient (Wildman–Crippen LogP) is 0.548. The first-order valence-corrected chi connectivity index (χ1v) is 8.13. The third-order valence-corrected chi connectivity index (χ3v) is 5.16. The number of amides is 2. The van der Waals surface area contributed by atoms with Crippen LogP contribution in [-0.2, 0) is 15.6 Å². The summed E-state index contributed by atoms with van der Waals surface area (Å²) >= 11 is 0. The van der Waals surface area contributed by atoms with E-state index in [1.165, 1.54) is 0 Å². The van der Waals surface area contributed by atoms with Crippen LogP contribution in [0.3, 0.4) is 0 Å². The van der Waals surface area contributed by atoms with E-state index in [0.29, 0.717) is 24.6 Å². The van der Waals surface area contributed by atoms with Gasteiger partial charge in [-0.3, -0.25) is 9.00 Å². The summed E-state index contributed by atoms with van der Waals surface area (Å²) in [6.07, 6.45) is 3.35. The van der Waals surface area contributed by atoms with Gasteiger partial charge in [-0.2, -0.15) is 0 Å². The normalized spacial score (nSPS) is 23.3. The standard InChI is InChI=1S/C12H20N2O4S/c15-10(16)9-12(3-1-2-4-12)13-11(17)14-5-7-19(18)8-6-14/h1-9H2,(H,13,17)(H,15,16).